The third-order valence-corrected chi connectivity index (χ3v) is 4.04. The van der Waals surface area contributed by atoms with E-state index in [1.165, 1.54) is 5.69 Å². The number of hydrogen-bond donors (Lipinski definition) is 1. The molecule has 0 aromatic carbocycles. The van der Waals surface area contributed by atoms with E-state index >= 15 is 0 Å². The van der Waals surface area contributed by atoms with Gasteiger partial charge in [0.25, 0.3) is 0 Å². The Hall–Kier alpha value is -0.940. The molecule has 0 spiro atoms. The van der Waals surface area contributed by atoms with Gasteiger partial charge >= 0.3 is 0 Å². The average molecular weight is 266 g/mol. The van der Waals surface area contributed by atoms with Gasteiger partial charge in [-0.25, -0.2) is 4.68 Å². The van der Waals surface area contributed by atoms with E-state index in [4.69, 9.17) is 4.74 Å². The fraction of sp³-hybridized carbons (Fsp3) is 0.857. The van der Waals surface area contributed by atoms with Crippen LogP contribution in [-0.2, 0) is 11.3 Å². The normalized spacial score (nSPS) is 17.3. The Bertz CT molecular complexity index is 381. The van der Waals surface area contributed by atoms with Gasteiger partial charge in [-0.1, -0.05) is 19.1 Å². The van der Waals surface area contributed by atoms with Crippen LogP contribution in [0.5, 0.6) is 0 Å². The van der Waals surface area contributed by atoms with Crippen molar-refractivity contribution in [1.82, 2.24) is 20.3 Å². The van der Waals surface area contributed by atoms with Crippen molar-refractivity contribution < 1.29 is 4.74 Å². The van der Waals surface area contributed by atoms with E-state index in [-0.39, 0.29) is 0 Å². The summed E-state index contributed by atoms with van der Waals surface area (Å²) in [4.78, 5) is 0. The van der Waals surface area contributed by atoms with E-state index in [2.05, 4.69) is 34.2 Å². The summed E-state index contributed by atoms with van der Waals surface area (Å²) in [6.07, 6.45) is 4.39. The first-order valence-corrected chi connectivity index (χ1v) is 7.48. The highest BCUT2D eigenvalue weighted by atomic mass is 16.5. The number of nitrogens with one attached hydrogen (secondary N) is 1. The zero-order valence-electron chi connectivity index (χ0n) is 12.4. The van der Waals surface area contributed by atoms with Gasteiger partial charge in [0.1, 0.15) is 0 Å². The molecular weight excluding hydrogens is 240 g/mol. The molecule has 0 bridgehead atoms. The van der Waals surface area contributed by atoms with Crippen LogP contribution in [0.1, 0.15) is 62.9 Å². The van der Waals surface area contributed by atoms with Gasteiger partial charge in [-0.2, -0.15) is 0 Å². The molecule has 0 aliphatic carbocycles. The highest BCUT2D eigenvalue weighted by molar-refractivity contribution is 5.17. The lowest BCUT2D eigenvalue weighted by Gasteiger charge is -2.26. The van der Waals surface area contributed by atoms with E-state index in [0.29, 0.717) is 12.0 Å². The molecule has 19 heavy (non-hydrogen) atoms. The molecule has 1 N–H and O–H groups in total. The maximum Gasteiger partial charge on any atom is 0.0999 e. The van der Waals surface area contributed by atoms with Crippen LogP contribution in [0.25, 0.3) is 0 Å². The number of nitrogens with zero attached hydrogens (tertiary/aromatic N) is 3. The first-order valence-electron chi connectivity index (χ1n) is 7.48. The first kappa shape index (κ1) is 14.5. The largest absolute Gasteiger partial charge is 0.381 e. The number of hydrogen-bond acceptors (Lipinski definition) is 4. The minimum Gasteiger partial charge on any atom is -0.381 e. The topological polar surface area (TPSA) is 52.0 Å². The summed E-state index contributed by atoms with van der Waals surface area (Å²) in [5, 5.41) is 12.1. The highest BCUT2D eigenvalue weighted by Gasteiger charge is 2.26. The van der Waals surface area contributed by atoms with Crippen LogP contribution in [0.15, 0.2) is 0 Å². The smallest absolute Gasteiger partial charge is 0.0999 e. The van der Waals surface area contributed by atoms with Gasteiger partial charge in [0, 0.05) is 25.7 Å². The van der Waals surface area contributed by atoms with Crippen LogP contribution in [0.2, 0.25) is 0 Å². The molecule has 2 heterocycles. The van der Waals surface area contributed by atoms with Gasteiger partial charge in [-0.3, -0.25) is 0 Å². The molecule has 0 unspecified atom stereocenters. The van der Waals surface area contributed by atoms with Crippen molar-refractivity contribution in [1.29, 1.82) is 0 Å². The zero-order chi connectivity index (χ0) is 13.7. The summed E-state index contributed by atoms with van der Waals surface area (Å²) in [6.45, 7) is 6.96. The minimum absolute atomic E-state index is 0.468. The van der Waals surface area contributed by atoms with Crippen LogP contribution < -0.4 is 5.32 Å². The molecule has 1 aromatic rings. The molecule has 0 atom stereocenters. The Balaban J connectivity index is 2.31. The molecule has 1 aliphatic rings. The molecule has 0 saturated carbocycles. The molecule has 5 nitrogen and oxygen atoms in total. The summed E-state index contributed by atoms with van der Waals surface area (Å²) in [5.41, 5.74) is 2.45. The van der Waals surface area contributed by atoms with Gasteiger partial charge in [-0.15, -0.1) is 5.10 Å². The molecule has 108 valence electrons. The van der Waals surface area contributed by atoms with Crippen LogP contribution in [0, 0.1) is 0 Å². The summed E-state index contributed by atoms with van der Waals surface area (Å²) in [5.74, 6) is 0.549. The zero-order valence-corrected chi connectivity index (χ0v) is 12.4. The predicted molar refractivity (Wildman–Crippen MR) is 75.2 cm³/mol. The van der Waals surface area contributed by atoms with Crippen molar-refractivity contribution in [3.63, 3.8) is 0 Å². The molecule has 2 rings (SSSR count). The van der Waals surface area contributed by atoms with Crippen molar-refractivity contribution in [3.8, 4) is 0 Å². The molecule has 1 fully saturated rings. The molecule has 5 heteroatoms. The number of ether oxygens (including phenoxy) is 1. The van der Waals surface area contributed by atoms with Crippen LogP contribution in [0.3, 0.4) is 0 Å². The molecule has 0 amide bonds. The summed E-state index contributed by atoms with van der Waals surface area (Å²) >= 11 is 0. The third-order valence-electron chi connectivity index (χ3n) is 4.04. The lowest BCUT2D eigenvalue weighted by atomic mass is 9.94. The van der Waals surface area contributed by atoms with Crippen LogP contribution in [-0.4, -0.2) is 35.3 Å². The van der Waals surface area contributed by atoms with Gasteiger partial charge in [-0.05, 0) is 32.7 Å². The minimum atomic E-state index is 0.468. The fourth-order valence-electron chi connectivity index (χ4n) is 2.93. The van der Waals surface area contributed by atoms with E-state index in [0.717, 1.165) is 51.1 Å². The standard InChI is InChI=1S/C14H26N4O/c1-4-12(5-2)18-14(11-6-8-19-9-7-11)13(10-15-3)16-17-18/h11-12,15H,4-10H2,1-3H3. The van der Waals surface area contributed by atoms with E-state index < -0.39 is 0 Å². The summed E-state index contributed by atoms with van der Waals surface area (Å²) < 4.78 is 7.67. The lowest BCUT2D eigenvalue weighted by molar-refractivity contribution is 0.0827. The maximum absolute atomic E-state index is 5.48. The monoisotopic (exact) mass is 266 g/mol. The van der Waals surface area contributed by atoms with E-state index in [1.807, 2.05) is 7.05 Å². The Morgan fingerprint density at radius 2 is 2.00 bits per heavy atom. The highest BCUT2D eigenvalue weighted by Crippen LogP contribution is 2.31. The van der Waals surface area contributed by atoms with Crippen LogP contribution >= 0.6 is 0 Å². The molecule has 1 saturated heterocycles. The number of rotatable bonds is 6. The molecular formula is C14H26N4O. The van der Waals surface area contributed by atoms with Gasteiger partial charge in [0.2, 0.25) is 0 Å². The van der Waals surface area contributed by atoms with E-state index in [1.54, 1.807) is 0 Å². The first-order chi connectivity index (χ1) is 9.31. The summed E-state index contributed by atoms with van der Waals surface area (Å²) in [6, 6.07) is 0.468. The SMILES string of the molecule is CCC(CC)n1nnc(CNC)c1C1CCOCC1. The average Bonchev–Trinajstić information content (AvgIpc) is 2.85. The molecule has 1 aromatic heterocycles. The van der Waals surface area contributed by atoms with Gasteiger partial charge in [0.05, 0.1) is 17.4 Å². The Kier molecular flexibility index (Phi) is 5.34. The maximum atomic E-state index is 5.48. The second-order valence-corrected chi connectivity index (χ2v) is 5.25. The van der Waals surface area contributed by atoms with Gasteiger partial charge in [0.15, 0.2) is 0 Å². The Labute approximate surface area is 115 Å². The number of aromatic nitrogens is 3. The predicted octanol–water partition coefficient (Wildman–Crippen LogP) is 2.25. The second-order valence-electron chi connectivity index (χ2n) is 5.25. The summed E-state index contributed by atoms with van der Waals surface area (Å²) in [7, 11) is 1.96. The van der Waals surface area contributed by atoms with Crippen molar-refractivity contribution in [2.75, 3.05) is 20.3 Å². The Morgan fingerprint density at radius 3 is 2.58 bits per heavy atom. The van der Waals surface area contributed by atoms with Crippen LogP contribution in [0.4, 0.5) is 0 Å². The third kappa shape index (κ3) is 3.15. The van der Waals surface area contributed by atoms with Crippen molar-refractivity contribution >= 4 is 0 Å². The molecule has 0 radical (unpaired) electrons. The van der Waals surface area contributed by atoms with E-state index in [9.17, 15) is 0 Å². The van der Waals surface area contributed by atoms with Crippen molar-refractivity contribution in [3.05, 3.63) is 11.4 Å². The van der Waals surface area contributed by atoms with Gasteiger partial charge < -0.3 is 10.1 Å². The fourth-order valence-corrected chi connectivity index (χ4v) is 2.93. The Morgan fingerprint density at radius 1 is 1.32 bits per heavy atom. The second kappa shape index (κ2) is 7.01. The molecule has 1 aliphatic heterocycles. The van der Waals surface area contributed by atoms with Crippen molar-refractivity contribution in [2.45, 2.75) is 58.0 Å². The van der Waals surface area contributed by atoms with Crippen molar-refractivity contribution in [2.24, 2.45) is 0 Å². The lowest BCUT2D eigenvalue weighted by Crippen LogP contribution is -2.22. The quantitative estimate of drug-likeness (QED) is 0.858.